The molecule has 1 saturated heterocycles. The first-order valence-corrected chi connectivity index (χ1v) is 6.89. The van der Waals surface area contributed by atoms with Crippen molar-refractivity contribution in [3.8, 4) is 0 Å². The predicted octanol–water partition coefficient (Wildman–Crippen LogP) is 3.17. The van der Waals surface area contributed by atoms with Crippen molar-refractivity contribution in [2.45, 2.75) is 32.2 Å². The minimum Gasteiger partial charge on any atom is -0.314 e. The van der Waals surface area contributed by atoms with Crippen LogP contribution in [0.1, 0.15) is 25.3 Å². The van der Waals surface area contributed by atoms with Crippen molar-refractivity contribution in [3.63, 3.8) is 0 Å². The van der Waals surface area contributed by atoms with E-state index in [1.807, 2.05) is 6.20 Å². The fraction of sp³-hybridized carbons (Fsp3) is 0.438. The van der Waals surface area contributed by atoms with Gasteiger partial charge in [0.05, 0.1) is 5.52 Å². The molecule has 0 bridgehead atoms. The fourth-order valence-electron chi connectivity index (χ4n) is 2.97. The topological polar surface area (TPSA) is 24.9 Å². The van der Waals surface area contributed by atoms with E-state index in [1.165, 1.54) is 23.8 Å². The molecule has 2 atom stereocenters. The minimum absolute atomic E-state index is 0.625. The smallest absolute Gasteiger partial charge is 0.0704 e. The van der Waals surface area contributed by atoms with E-state index in [-0.39, 0.29) is 0 Å². The second-order valence-electron chi connectivity index (χ2n) is 5.47. The van der Waals surface area contributed by atoms with Crippen LogP contribution in [0.2, 0.25) is 0 Å². The zero-order chi connectivity index (χ0) is 12.4. The van der Waals surface area contributed by atoms with E-state index in [2.05, 4.69) is 47.6 Å². The second kappa shape index (κ2) is 5.07. The van der Waals surface area contributed by atoms with Crippen molar-refractivity contribution >= 4 is 10.9 Å². The number of para-hydroxylation sites is 1. The lowest BCUT2D eigenvalue weighted by Crippen LogP contribution is -2.38. The van der Waals surface area contributed by atoms with Crippen molar-refractivity contribution in [3.05, 3.63) is 42.1 Å². The van der Waals surface area contributed by atoms with E-state index in [4.69, 9.17) is 0 Å². The maximum Gasteiger partial charge on any atom is 0.0704 e. The van der Waals surface area contributed by atoms with Gasteiger partial charge in [0.25, 0.3) is 0 Å². The van der Waals surface area contributed by atoms with Crippen LogP contribution in [-0.4, -0.2) is 17.6 Å². The number of nitrogens with zero attached hydrogens (tertiary/aromatic N) is 1. The van der Waals surface area contributed by atoms with Crippen LogP contribution in [0.15, 0.2) is 36.5 Å². The molecule has 3 rings (SSSR count). The van der Waals surface area contributed by atoms with Gasteiger partial charge in [-0.25, -0.2) is 0 Å². The van der Waals surface area contributed by atoms with Gasteiger partial charge in [-0.3, -0.25) is 4.98 Å². The highest BCUT2D eigenvalue weighted by Gasteiger charge is 2.19. The molecular weight excluding hydrogens is 220 g/mol. The Hall–Kier alpha value is -1.41. The quantitative estimate of drug-likeness (QED) is 0.872. The van der Waals surface area contributed by atoms with Crippen LogP contribution in [0.3, 0.4) is 0 Å². The van der Waals surface area contributed by atoms with E-state index in [0.717, 1.165) is 24.4 Å². The zero-order valence-electron chi connectivity index (χ0n) is 10.9. The second-order valence-corrected chi connectivity index (χ2v) is 5.47. The molecule has 0 saturated carbocycles. The van der Waals surface area contributed by atoms with Crippen LogP contribution in [0.25, 0.3) is 10.9 Å². The van der Waals surface area contributed by atoms with E-state index in [9.17, 15) is 0 Å². The number of benzene rings is 1. The Labute approximate surface area is 108 Å². The molecule has 1 aromatic carbocycles. The first-order valence-electron chi connectivity index (χ1n) is 6.89. The van der Waals surface area contributed by atoms with Gasteiger partial charge in [0, 0.05) is 17.6 Å². The summed E-state index contributed by atoms with van der Waals surface area (Å²) in [6.45, 7) is 3.52. The largest absolute Gasteiger partial charge is 0.314 e. The maximum absolute atomic E-state index is 4.43. The molecule has 1 N–H and O–H groups in total. The third-order valence-corrected chi connectivity index (χ3v) is 3.96. The first kappa shape index (κ1) is 11.7. The summed E-state index contributed by atoms with van der Waals surface area (Å²) >= 11 is 0. The monoisotopic (exact) mass is 240 g/mol. The van der Waals surface area contributed by atoms with Gasteiger partial charge < -0.3 is 5.32 Å². The SMILES string of the molecule is CC1CCNC(Cc2ccnc3ccccc23)C1. The van der Waals surface area contributed by atoms with Crippen molar-refractivity contribution < 1.29 is 0 Å². The molecule has 1 aliphatic rings. The number of fused-ring (bicyclic) bond motifs is 1. The Balaban J connectivity index is 1.86. The Morgan fingerprint density at radius 3 is 3.06 bits per heavy atom. The molecule has 0 aliphatic carbocycles. The predicted molar refractivity (Wildman–Crippen MR) is 75.6 cm³/mol. The standard InChI is InChI=1S/C16H20N2/c1-12-6-8-17-14(10-12)11-13-7-9-18-16-5-3-2-4-15(13)16/h2-5,7,9,12,14,17H,6,8,10-11H2,1H3. The molecule has 2 heteroatoms. The van der Waals surface area contributed by atoms with Gasteiger partial charge in [-0.1, -0.05) is 25.1 Å². The van der Waals surface area contributed by atoms with Gasteiger partial charge in [-0.2, -0.15) is 0 Å². The maximum atomic E-state index is 4.43. The molecule has 1 aliphatic heterocycles. The summed E-state index contributed by atoms with van der Waals surface area (Å²) in [6, 6.07) is 11.2. The first-order chi connectivity index (χ1) is 8.83. The van der Waals surface area contributed by atoms with Crippen LogP contribution in [-0.2, 0) is 6.42 Å². The number of piperidine rings is 1. The Morgan fingerprint density at radius 2 is 2.17 bits per heavy atom. The summed E-state index contributed by atoms with van der Waals surface area (Å²) in [5, 5.41) is 4.95. The summed E-state index contributed by atoms with van der Waals surface area (Å²) < 4.78 is 0. The number of pyridine rings is 1. The summed E-state index contributed by atoms with van der Waals surface area (Å²) in [7, 11) is 0. The summed E-state index contributed by atoms with van der Waals surface area (Å²) in [4.78, 5) is 4.43. The highest BCUT2D eigenvalue weighted by atomic mass is 14.9. The molecular formula is C16H20N2. The molecule has 2 unspecified atom stereocenters. The molecule has 18 heavy (non-hydrogen) atoms. The molecule has 1 fully saturated rings. The van der Waals surface area contributed by atoms with Gasteiger partial charge in [-0.15, -0.1) is 0 Å². The summed E-state index contributed by atoms with van der Waals surface area (Å²) in [6.07, 6.45) is 5.65. The van der Waals surface area contributed by atoms with E-state index in [1.54, 1.807) is 0 Å². The Morgan fingerprint density at radius 1 is 1.28 bits per heavy atom. The number of hydrogen-bond acceptors (Lipinski definition) is 2. The van der Waals surface area contributed by atoms with Gasteiger partial charge >= 0.3 is 0 Å². The molecule has 94 valence electrons. The van der Waals surface area contributed by atoms with E-state index >= 15 is 0 Å². The minimum atomic E-state index is 0.625. The third kappa shape index (κ3) is 2.39. The van der Waals surface area contributed by atoms with Crippen LogP contribution < -0.4 is 5.32 Å². The van der Waals surface area contributed by atoms with Gasteiger partial charge in [0.15, 0.2) is 0 Å². The molecule has 2 heterocycles. The Bertz CT molecular complexity index is 530. The molecule has 2 aromatic rings. The highest BCUT2D eigenvalue weighted by Crippen LogP contribution is 2.22. The van der Waals surface area contributed by atoms with Crippen LogP contribution >= 0.6 is 0 Å². The zero-order valence-corrected chi connectivity index (χ0v) is 10.9. The molecule has 0 spiro atoms. The fourth-order valence-corrected chi connectivity index (χ4v) is 2.97. The highest BCUT2D eigenvalue weighted by molar-refractivity contribution is 5.81. The lowest BCUT2D eigenvalue weighted by Gasteiger charge is -2.28. The Kier molecular flexibility index (Phi) is 3.28. The van der Waals surface area contributed by atoms with E-state index in [0.29, 0.717) is 6.04 Å². The van der Waals surface area contributed by atoms with Crippen molar-refractivity contribution in [2.24, 2.45) is 5.92 Å². The molecule has 2 nitrogen and oxygen atoms in total. The number of aromatic nitrogens is 1. The number of rotatable bonds is 2. The molecule has 1 aromatic heterocycles. The van der Waals surface area contributed by atoms with Crippen molar-refractivity contribution in [1.82, 2.24) is 10.3 Å². The van der Waals surface area contributed by atoms with Crippen LogP contribution in [0.5, 0.6) is 0 Å². The average Bonchev–Trinajstić information content (AvgIpc) is 2.39. The third-order valence-electron chi connectivity index (χ3n) is 3.96. The van der Waals surface area contributed by atoms with E-state index < -0.39 is 0 Å². The summed E-state index contributed by atoms with van der Waals surface area (Å²) in [5.74, 6) is 0.851. The van der Waals surface area contributed by atoms with Crippen molar-refractivity contribution in [1.29, 1.82) is 0 Å². The lowest BCUT2D eigenvalue weighted by atomic mass is 9.90. The number of hydrogen-bond donors (Lipinski definition) is 1. The molecule has 0 radical (unpaired) electrons. The average molecular weight is 240 g/mol. The lowest BCUT2D eigenvalue weighted by molar-refractivity contribution is 0.319. The normalized spacial score (nSPS) is 24.3. The number of nitrogens with one attached hydrogen (secondary N) is 1. The molecule has 0 amide bonds. The van der Waals surface area contributed by atoms with Gasteiger partial charge in [0.1, 0.15) is 0 Å². The van der Waals surface area contributed by atoms with Gasteiger partial charge in [-0.05, 0) is 49.4 Å². The van der Waals surface area contributed by atoms with Crippen LogP contribution in [0.4, 0.5) is 0 Å². The van der Waals surface area contributed by atoms with Gasteiger partial charge in [0.2, 0.25) is 0 Å². The van der Waals surface area contributed by atoms with Crippen LogP contribution in [0, 0.1) is 5.92 Å². The summed E-state index contributed by atoms with van der Waals surface area (Å²) in [5.41, 5.74) is 2.53. The van der Waals surface area contributed by atoms with Crippen molar-refractivity contribution in [2.75, 3.05) is 6.54 Å².